The van der Waals surface area contributed by atoms with Crippen LogP contribution in [-0.2, 0) is 21.9 Å². The fourth-order valence-electron chi connectivity index (χ4n) is 2.62. The summed E-state index contributed by atoms with van der Waals surface area (Å²) in [6.07, 6.45) is -6.87. The number of hydrogen-bond donors (Lipinski definition) is 1. The van der Waals surface area contributed by atoms with Crippen LogP contribution in [0.2, 0.25) is 0 Å². The van der Waals surface area contributed by atoms with Crippen molar-refractivity contribution in [2.75, 3.05) is 13.1 Å². The zero-order valence-electron chi connectivity index (χ0n) is 14.8. The highest BCUT2D eigenvalue weighted by atomic mass is 19.4. The quantitative estimate of drug-likeness (QED) is 0.591. The lowest BCUT2D eigenvalue weighted by Crippen LogP contribution is -2.52. The van der Waals surface area contributed by atoms with Crippen LogP contribution in [0.15, 0.2) is 30.6 Å². The van der Waals surface area contributed by atoms with Gasteiger partial charge in [-0.3, -0.25) is 9.59 Å². The third-order valence-corrected chi connectivity index (χ3v) is 4.27. The van der Waals surface area contributed by atoms with Crippen LogP contribution in [0.5, 0.6) is 0 Å². The molecule has 30 heavy (non-hydrogen) atoms. The second kappa shape index (κ2) is 7.46. The van der Waals surface area contributed by atoms with E-state index in [9.17, 15) is 35.9 Å². The molecule has 1 aromatic heterocycles. The number of carbonyl (C=O) groups is 2. The van der Waals surface area contributed by atoms with Gasteiger partial charge in [0, 0.05) is 30.9 Å². The van der Waals surface area contributed by atoms with Crippen molar-refractivity contribution in [1.29, 1.82) is 0 Å². The van der Waals surface area contributed by atoms with Crippen molar-refractivity contribution < 1.29 is 41.0 Å². The van der Waals surface area contributed by atoms with Crippen LogP contribution < -0.4 is 0 Å². The van der Waals surface area contributed by atoms with Crippen LogP contribution >= 0.6 is 0 Å². The van der Waals surface area contributed by atoms with E-state index in [0.29, 0.717) is 12.1 Å². The summed E-state index contributed by atoms with van der Waals surface area (Å²) >= 11 is 0. The number of benzene rings is 1. The number of rotatable bonds is 4. The van der Waals surface area contributed by atoms with E-state index in [-0.39, 0.29) is 19.2 Å². The molecule has 13 heteroatoms. The van der Waals surface area contributed by atoms with E-state index >= 15 is 0 Å². The van der Waals surface area contributed by atoms with Gasteiger partial charge < -0.3 is 10.0 Å². The van der Waals surface area contributed by atoms with Gasteiger partial charge >= 0.3 is 18.3 Å². The van der Waals surface area contributed by atoms with E-state index in [1.165, 1.54) is 4.90 Å². The van der Waals surface area contributed by atoms with Crippen molar-refractivity contribution in [2.45, 2.75) is 12.4 Å². The van der Waals surface area contributed by atoms with Gasteiger partial charge in [0.1, 0.15) is 6.33 Å². The molecule has 1 fully saturated rings. The second-order valence-electron chi connectivity index (χ2n) is 6.44. The molecule has 2 aromatic rings. The molecule has 1 N–H and O–H groups in total. The molecule has 1 amide bonds. The Labute approximate surface area is 164 Å². The second-order valence-corrected chi connectivity index (χ2v) is 6.44. The van der Waals surface area contributed by atoms with E-state index < -0.39 is 52.7 Å². The van der Waals surface area contributed by atoms with E-state index in [4.69, 9.17) is 5.11 Å². The maximum atomic E-state index is 13.0. The summed E-state index contributed by atoms with van der Waals surface area (Å²) in [5, 5.41) is 12.5. The molecule has 2 heterocycles. The Bertz CT molecular complexity index is 973. The van der Waals surface area contributed by atoms with Gasteiger partial charge in [0.15, 0.2) is 5.82 Å². The molecule has 0 saturated carbocycles. The zero-order chi connectivity index (χ0) is 22.3. The Hall–Kier alpha value is -3.38. The Morgan fingerprint density at radius 3 is 2.10 bits per heavy atom. The summed E-state index contributed by atoms with van der Waals surface area (Å²) in [6.45, 7) is 0.0666. The zero-order valence-corrected chi connectivity index (χ0v) is 14.8. The summed E-state index contributed by atoms with van der Waals surface area (Å²) in [7, 11) is 0. The van der Waals surface area contributed by atoms with Gasteiger partial charge in [-0.25, -0.2) is 9.67 Å². The average Bonchev–Trinajstić information content (AvgIpc) is 3.05. The molecular formula is C17H12F6N4O3. The van der Waals surface area contributed by atoms with Crippen LogP contribution in [0.25, 0.3) is 17.6 Å². The molecule has 0 radical (unpaired) electrons. The van der Waals surface area contributed by atoms with Gasteiger partial charge in [-0.05, 0) is 18.2 Å². The first kappa shape index (κ1) is 21.3. The first-order chi connectivity index (χ1) is 13.8. The summed E-state index contributed by atoms with van der Waals surface area (Å²) in [5.41, 5.74) is -3.50. The molecule has 7 nitrogen and oxygen atoms in total. The van der Waals surface area contributed by atoms with Crippen LogP contribution in [0, 0.1) is 5.92 Å². The number of carboxylic acids is 1. The summed E-state index contributed by atoms with van der Waals surface area (Å²) in [4.78, 5) is 27.5. The van der Waals surface area contributed by atoms with Crippen molar-refractivity contribution in [2.24, 2.45) is 5.92 Å². The number of aromatic nitrogens is 3. The Balaban J connectivity index is 1.80. The minimum atomic E-state index is -5.00. The number of aliphatic carboxylic acids is 1. The van der Waals surface area contributed by atoms with Crippen molar-refractivity contribution in [3.63, 3.8) is 0 Å². The standard InChI is InChI=1S/C17H12F6N4O3/c18-16(19,20)11-3-9(4-12(5-11)17(21,22)23)14-24-8-27(25-14)2-1-13(28)26-6-10(7-26)15(29)30/h1-5,8,10H,6-7H2,(H,29,30). The third kappa shape index (κ3) is 4.60. The number of nitrogens with zero attached hydrogens (tertiary/aromatic N) is 4. The number of likely N-dealkylation sites (tertiary alicyclic amines) is 1. The van der Waals surface area contributed by atoms with E-state index in [1.54, 1.807) is 0 Å². The topological polar surface area (TPSA) is 88.3 Å². The van der Waals surface area contributed by atoms with E-state index in [2.05, 4.69) is 10.1 Å². The lowest BCUT2D eigenvalue weighted by atomic mass is 10.0. The van der Waals surface area contributed by atoms with Gasteiger partial charge in [0.2, 0.25) is 5.91 Å². The van der Waals surface area contributed by atoms with Crippen LogP contribution in [0.3, 0.4) is 0 Å². The van der Waals surface area contributed by atoms with Crippen molar-refractivity contribution in [1.82, 2.24) is 19.7 Å². The molecular weight excluding hydrogens is 422 g/mol. The minimum absolute atomic E-state index is 0.00345. The highest BCUT2D eigenvalue weighted by Gasteiger charge is 2.37. The maximum absolute atomic E-state index is 13.0. The summed E-state index contributed by atoms with van der Waals surface area (Å²) in [6, 6.07) is 0.988. The monoisotopic (exact) mass is 434 g/mol. The molecule has 1 saturated heterocycles. The molecule has 1 aliphatic rings. The lowest BCUT2D eigenvalue weighted by Gasteiger charge is -2.35. The fourth-order valence-corrected chi connectivity index (χ4v) is 2.62. The minimum Gasteiger partial charge on any atom is -0.481 e. The molecule has 0 unspecified atom stereocenters. The number of hydrogen-bond acceptors (Lipinski definition) is 4. The van der Waals surface area contributed by atoms with Gasteiger partial charge in [-0.2, -0.15) is 26.3 Å². The van der Waals surface area contributed by atoms with Gasteiger partial charge in [0.05, 0.1) is 17.0 Å². The predicted octanol–water partition coefficient (Wildman–Crippen LogP) is 3.00. The first-order valence-corrected chi connectivity index (χ1v) is 8.25. The molecule has 160 valence electrons. The molecule has 3 rings (SSSR count). The smallest absolute Gasteiger partial charge is 0.416 e. The molecule has 1 aromatic carbocycles. The predicted molar refractivity (Wildman–Crippen MR) is 88.5 cm³/mol. The van der Waals surface area contributed by atoms with Crippen molar-refractivity contribution >= 4 is 18.1 Å². The normalized spacial score (nSPS) is 15.5. The van der Waals surface area contributed by atoms with Crippen LogP contribution in [0.1, 0.15) is 11.1 Å². The highest BCUT2D eigenvalue weighted by Crippen LogP contribution is 2.38. The van der Waals surface area contributed by atoms with Crippen LogP contribution in [0.4, 0.5) is 26.3 Å². The Morgan fingerprint density at radius 1 is 1.03 bits per heavy atom. The Kier molecular flexibility index (Phi) is 5.31. The molecule has 0 bridgehead atoms. The van der Waals surface area contributed by atoms with Gasteiger partial charge in [-0.1, -0.05) is 0 Å². The summed E-state index contributed by atoms with van der Waals surface area (Å²) in [5.74, 6) is -2.60. The van der Waals surface area contributed by atoms with Crippen LogP contribution in [-0.4, -0.2) is 49.7 Å². The largest absolute Gasteiger partial charge is 0.481 e. The SMILES string of the molecule is O=C(O)C1CN(C(=O)C=Cn2cnc(-c3cc(C(F)(F)F)cc(C(F)(F)F)c3)n2)C1. The average molecular weight is 434 g/mol. The number of amides is 1. The fraction of sp³-hybridized carbons (Fsp3) is 0.294. The third-order valence-electron chi connectivity index (χ3n) is 4.27. The lowest BCUT2D eigenvalue weighted by molar-refractivity contribution is -0.151. The highest BCUT2D eigenvalue weighted by molar-refractivity contribution is 5.91. The van der Waals surface area contributed by atoms with Gasteiger partial charge in [-0.15, -0.1) is 5.10 Å². The maximum Gasteiger partial charge on any atom is 0.416 e. The summed E-state index contributed by atoms with van der Waals surface area (Å²) < 4.78 is 78.7. The number of carbonyl (C=O) groups excluding carboxylic acids is 1. The molecule has 1 aliphatic heterocycles. The van der Waals surface area contributed by atoms with Crippen molar-refractivity contribution in [3.05, 3.63) is 41.7 Å². The first-order valence-electron chi connectivity index (χ1n) is 8.25. The molecule has 0 spiro atoms. The number of carboxylic acid groups (broad SMARTS) is 1. The van der Waals surface area contributed by atoms with E-state index in [1.807, 2.05) is 0 Å². The van der Waals surface area contributed by atoms with Crippen molar-refractivity contribution in [3.8, 4) is 11.4 Å². The number of halogens is 6. The molecule has 0 atom stereocenters. The number of alkyl halides is 6. The van der Waals surface area contributed by atoms with E-state index in [0.717, 1.165) is 23.3 Å². The van der Waals surface area contributed by atoms with Gasteiger partial charge in [0.25, 0.3) is 0 Å². The Morgan fingerprint density at radius 2 is 1.60 bits per heavy atom. The molecule has 0 aliphatic carbocycles.